The number of ether oxygens (including phenoxy) is 1. The van der Waals surface area contributed by atoms with Crippen molar-refractivity contribution in [1.82, 2.24) is 15.0 Å². The Morgan fingerprint density at radius 2 is 1.97 bits per heavy atom. The van der Waals surface area contributed by atoms with Crippen LogP contribution in [0.25, 0.3) is 32.9 Å². The number of aromatic nitrogens is 3. The van der Waals surface area contributed by atoms with E-state index in [1.807, 2.05) is 6.92 Å². The highest BCUT2D eigenvalue weighted by molar-refractivity contribution is 6.01. The summed E-state index contributed by atoms with van der Waals surface area (Å²) in [6.07, 6.45) is 2.95. The molecule has 1 fully saturated rings. The third-order valence-corrected chi connectivity index (χ3v) is 6.20. The van der Waals surface area contributed by atoms with Gasteiger partial charge in [-0.05, 0) is 67.1 Å². The molecule has 2 unspecified atom stereocenters. The molecule has 0 amide bonds. The Balaban J connectivity index is 1.73. The van der Waals surface area contributed by atoms with Gasteiger partial charge >= 0.3 is 0 Å². The summed E-state index contributed by atoms with van der Waals surface area (Å²) in [6.45, 7) is 3.45. The number of nitrogens with zero attached hydrogens (tertiary/aromatic N) is 3. The second-order valence-corrected chi connectivity index (χ2v) is 8.38. The van der Waals surface area contributed by atoms with Crippen LogP contribution in [0, 0.1) is 18.6 Å². The van der Waals surface area contributed by atoms with Crippen LogP contribution in [-0.2, 0) is 6.42 Å². The van der Waals surface area contributed by atoms with Crippen molar-refractivity contribution in [3.63, 3.8) is 0 Å². The molecule has 2 atom stereocenters. The predicted molar refractivity (Wildman–Crippen MR) is 120 cm³/mol. The Morgan fingerprint density at radius 1 is 1.15 bits per heavy atom. The number of phenolic OH excluding ortho intramolecular Hbond substituents is 1. The standard InChI is InChI=1S/C25H23F2N3O3/c1-3-15-18(26)8-7-13-9-14(31)10-16(21(13)15)23-22(27)24-17(11-28-23)25(30-12(2)29-24)33-20-6-4-5-19(20)32/h7-11,19-20,31-32H,3-6H2,1-2H3. The Bertz CT molecular complexity index is 1390. The van der Waals surface area contributed by atoms with Crippen molar-refractivity contribution in [2.75, 3.05) is 0 Å². The average Bonchev–Trinajstić information content (AvgIpc) is 3.18. The molecule has 8 heteroatoms. The van der Waals surface area contributed by atoms with Gasteiger partial charge in [-0.25, -0.2) is 13.8 Å². The van der Waals surface area contributed by atoms with Gasteiger partial charge in [0.2, 0.25) is 5.88 Å². The van der Waals surface area contributed by atoms with Gasteiger partial charge in [0.15, 0.2) is 5.82 Å². The van der Waals surface area contributed by atoms with Gasteiger partial charge in [-0.3, -0.25) is 4.98 Å². The van der Waals surface area contributed by atoms with E-state index in [9.17, 15) is 14.6 Å². The van der Waals surface area contributed by atoms with Crippen LogP contribution in [-0.4, -0.2) is 37.4 Å². The van der Waals surface area contributed by atoms with E-state index in [2.05, 4.69) is 15.0 Å². The van der Waals surface area contributed by atoms with Gasteiger partial charge in [0, 0.05) is 11.8 Å². The Morgan fingerprint density at radius 3 is 2.70 bits per heavy atom. The first-order chi connectivity index (χ1) is 15.9. The van der Waals surface area contributed by atoms with E-state index >= 15 is 4.39 Å². The van der Waals surface area contributed by atoms with Crippen LogP contribution < -0.4 is 4.74 Å². The Kier molecular flexibility index (Phi) is 5.32. The summed E-state index contributed by atoms with van der Waals surface area (Å²) in [7, 11) is 0. The number of rotatable bonds is 4. The molecule has 2 heterocycles. The molecular weight excluding hydrogens is 428 g/mol. The molecule has 33 heavy (non-hydrogen) atoms. The summed E-state index contributed by atoms with van der Waals surface area (Å²) in [4.78, 5) is 12.9. The van der Waals surface area contributed by atoms with Gasteiger partial charge in [0.05, 0.1) is 11.5 Å². The quantitative estimate of drug-likeness (QED) is 0.454. The minimum Gasteiger partial charge on any atom is -0.508 e. The number of hydrogen-bond acceptors (Lipinski definition) is 6. The fourth-order valence-corrected chi connectivity index (χ4v) is 4.63. The van der Waals surface area contributed by atoms with Crippen molar-refractivity contribution in [2.24, 2.45) is 0 Å². The molecule has 4 aromatic rings. The van der Waals surface area contributed by atoms with E-state index in [1.54, 1.807) is 13.0 Å². The molecule has 2 N–H and O–H groups in total. The van der Waals surface area contributed by atoms with E-state index in [4.69, 9.17) is 4.74 Å². The Labute approximate surface area is 188 Å². The number of aliphatic hydroxyl groups excluding tert-OH is 1. The highest BCUT2D eigenvalue weighted by Gasteiger charge is 2.29. The lowest BCUT2D eigenvalue weighted by molar-refractivity contribution is 0.0583. The summed E-state index contributed by atoms with van der Waals surface area (Å²) < 4.78 is 36.4. The van der Waals surface area contributed by atoms with Crippen molar-refractivity contribution in [2.45, 2.75) is 51.7 Å². The molecule has 170 valence electrons. The van der Waals surface area contributed by atoms with Gasteiger partial charge in [-0.15, -0.1) is 0 Å². The van der Waals surface area contributed by atoms with Crippen molar-refractivity contribution < 1.29 is 23.7 Å². The summed E-state index contributed by atoms with van der Waals surface area (Å²) in [5.74, 6) is -0.717. The zero-order valence-corrected chi connectivity index (χ0v) is 18.3. The van der Waals surface area contributed by atoms with Crippen molar-refractivity contribution in [3.8, 4) is 22.9 Å². The first-order valence-corrected chi connectivity index (χ1v) is 11.0. The van der Waals surface area contributed by atoms with Gasteiger partial charge in [-0.2, -0.15) is 4.98 Å². The molecule has 0 spiro atoms. The van der Waals surface area contributed by atoms with E-state index in [0.717, 1.165) is 6.42 Å². The molecule has 0 bridgehead atoms. The lowest BCUT2D eigenvalue weighted by atomic mass is 9.94. The van der Waals surface area contributed by atoms with Crippen LogP contribution >= 0.6 is 0 Å². The molecule has 0 aliphatic heterocycles. The van der Waals surface area contributed by atoms with Gasteiger partial charge in [0.25, 0.3) is 0 Å². The fraction of sp³-hybridized carbons (Fsp3) is 0.320. The van der Waals surface area contributed by atoms with Crippen LogP contribution in [0.5, 0.6) is 11.6 Å². The lowest BCUT2D eigenvalue weighted by Gasteiger charge is -2.18. The molecule has 5 rings (SSSR count). The number of aryl methyl sites for hydroxylation is 2. The number of aliphatic hydroxyl groups is 1. The maximum Gasteiger partial charge on any atom is 0.226 e. The normalized spacial score (nSPS) is 18.3. The molecule has 0 radical (unpaired) electrons. The second-order valence-electron chi connectivity index (χ2n) is 8.38. The summed E-state index contributed by atoms with van der Waals surface area (Å²) in [5.41, 5.74) is 0.669. The smallest absolute Gasteiger partial charge is 0.226 e. The van der Waals surface area contributed by atoms with Crippen LogP contribution in [0.1, 0.15) is 37.6 Å². The fourth-order valence-electron chi connectivity index (χ4n) is 4.63. The number of halogens is 2. The van der Waals surface area contributed by atoms with Crippen LogP contribution in [0.4, 0.5) is 8.78 Å². The number of fused-ring (bicyclic) bond motifs is 2. The second kappa shape index (κ2) is 8.19. The first kappa shape index (κ1) is 21.5. The molecule has 6 nitrogen and oxygen atoms in total. The summed E-state index contributed by atoms with van der Waals surface area (Å²) >= 11 is 0. The molecule has 1 aliphatic carbocycles. The van der Waals surface area contributed by atoms with Crippen molar-refractivity contribution in [3.05, 3.63) is 53.5 Å². The van der Waals surface area contributed by atoms with Crippen LogP contribution in [0.15, 0.2) is 30.5 Å². The number of hydrogen-bond donors (Lipinski definition) is 2. The zero-order chi connectivity index (χ0) is 23.3. The summed E-state index contributed by atoms with van der Waals surface area (Å²) in [5, 5.41) is 21.8. The third-order valence-electron chi connectivity index (χ3n) is 6.20. The van der Waals surface area contributed by atoms with E-state index in [1.165, 1.54) is 24.4 Å². The number of pyridine rings is 1. The van der Waals surface area contributed by atoms with E-state index < -0.39 is 23.8 Å². The topological polar surface area (TPSA) is 88.4 Å². The number of aromatic hydroxyl groups is 1. The first-order valence-electron chi connectivity index (χ1n) is 11.0. The van der Waals surface area contributed by atoms with Crippen LogP contribution in [0.3, 0.4) is 0 Å². The molecule has 2 aromatic heterocycles. The Hall–Kier alpha value is -3.39. The molecule has 1 aliphatic rings. The maximum absolute atomic E-state index is 15.9. The van der Waals surface area contributed by atoms with Gasteiger partial charge in [-0.1, -0.05) is 13.0 Å². The SMILES string of the molecule is CCc1c(F)ccc2cc(O)cc(-c3ncc4c(OC5CCCC5O)nc(C)nc4c3F)c12. The molecular formula is C25H23F2N3O3. The van der Waals surface area contributed by atoms with Gasteiger partial charge in [0.1, 0.15) is 34.7 Å². The largest absolute Gasteiger partial charge is 0.508 e. The van der Waals surface area contributed by atoms with E-state index in [-0.39, 0.29) is 33.8 Å². The molecule has 0 saturated heterocycles. The van der Waals surface area contributed by atoms with Gasteiger partial charge < -0.3 is 14.9 Å². The van der Waals surface area contributed by atoms with E-state index in [0.29, 0.717) is 41.4 Å². The molecule has 1 saturated carbocycles. The van der Waals surface area contributed by atoms with Crippen molar-refractivity contribution in [1.29, 1.82) is 0 Å². The lowest BCUT2D eigenvalue weighted by Crippen LogP contribution is -2.26. The van der Waals surface area contributed by atoms with Crippen molar-refractivity contribution >= 4 is 21.7 Å². The average molecular weight is 451 g/mol. The minimum atomic E-state index is -0.715. The summed E-state index contributed by atoms with van der Waals surface area (Å²) in [6, 6.07) is 5.80. The maximum atomic E-state index is 15.9. The van der Waals surface area contributed by atoms with Crippen LogP contribution in [0.2, 0.25) is 0 Å². The number of benzene rings is 2. The minimum absolute atomic E-state index is 0.0148. The monoisotopic (exact) mass is 451 g/mol. The zero-order valence-electron chi connectivity index (χ0n) is 18.3. The molecule has 2 aromatic carbocycles. The highest BCUT2D eigenvalue weighted by atomic mass is 19.1. The number of phenols is 1. The predicted octanol–water partition coefficient (Wildman–Crippen LogP) is 4.99. The third kappa shape index (κ3) is 3.64. The highest BCUT2D eigenvalue weighted by Crippen LogP contribution is 2.38.